The Morgan fingerprint density at radius 3 is 2.20 bits per heavy atom. The number of thioether (sulfide) groups is 1. The largest absolute Gasteiger partial charge is 0.496 e. The molecule has 0 aliphatic heterocycles. The van der Waals surface area contributed by atoms with Gasteiger partial charge in [-0.05, 0) is 67.1 Å². The molecule has 0 bridgehead atoms. The predicted octanol–water partition coefficient (Wildman–Crippen LogP) is 6.81. The van der Waals surface area contributed by atoms with Crippen molar-refractivity contribution in [3.05, 3.63) is 112 Å². The standard InChI is InChI=1S/C34H32ClN3O6S/c1-21-26(35)14-9-15-27(21)37-32(39)20-45-25-13-8-12-24(18-25)36-34(41)28(38-33(40)22-10-6-5-7-11-22)16-23-17-30(43-3)31(44-4)19-29(23)42-2/h5-19H,20H2,1-4H3,(H,36,41)(H,37,39)(H,38,40)/b28-16+. The van der Waals surface area contributed by atoms with Crippen LogP contribution in [-0.4, -0.2) is 44.8 Å². The molecule has 9 nitrogen and oxygen atoms in total. The Balaban J connectivity index is 1.55. The molecule has 0 aliphatic rings. The minimum Gasteiger partial charge on any atom is -0.496 e. The molecule has 4 aromatic carbocycles. The molecule has 0 aromatic heterocycles. The highest BCUT2D eigenvalue weighted by molar-refractivity contribution is 8.00. The lowest BCUT2D eigenvalue weighted by Gasteiger charge is -2.15. The van der Waals surface area contributed by atoms with Gasteiger partial charge in [0, 0.05) is 38.5 Å². The third kappa shape index (κ3) is 8.81. The molecular weight excluding hydrogens is 614 g/mol. The van der Waals surface area contributed by atoms with Gasteiger partial charge in [0.15, 0.2) is 11.5 Å². The van der Waals surface area contributed by atoms with E-state index in [1.165, 1.54) is 39.2 Å². The van der Waals surface area contributed by atoms with Crippen LogP contribution in [0.25, 0.3) is 6.08 Å². The van der Waals surface area contributed by atoms with E-state index in [0.717, 1.165) is 10.5 Å². The van der Waals surface area contributed by atoms with Gasteiger partial charge in [0.05, 0.1) is 27.1 Å². The molecule has 0 spiro atoms. The van der Waals surface area contributed by atoms with Crippen LogP contribution in [0.1, 0.15) is 21.5 Å². The molecule has 0 unspecified atom stereocenters. The molecule has 0 heterocycles. The third-order valence-corrected chi connectivity index (χ3v) is 7.97. The number of hydrogen-bond acceptors (Lipinski definition) is 7. The van der Waals surface area contributed by atoms with Gasteiger partial charge in [-0.3, -0.25) is 14.4 Å². The number of rotatable bonds is 12. The van der Waals surface area contributed by atoms with Gasteiger partial charge in [-0.2, -0.15) is 0 Å². The molecule has 232 valence electrons. The highest BCUT2D eigenvalue weighted by atomic mass is 35.5. The summed E-state index contributed by atoms with van der Waals surface area (Å²) in [7, 11) is 4.49. The smallest absolute Gasteiger partial charge is 0.272 e. The van der Waals surface area contributed by atoms with Crippen LogP contribution in [0.3, 0.4) is 0 Å². The average Bonchev–Trinajstić information content (AvgIpc) is 3.05. The van der Waals surface area contributed by atoms with E-state index in [1.54, 1.807) is 78.9 Å². The maximum atomic E-state index is 13.6. The van der Waals surface area contributed by atoms with Gasteiger partial charge in [0.2, 0.25) is 5.91 Å². The summed E-state index contributed by atoms with van der Waals surface area (Å²) >= 11 is 7.47. The van der Waals surface area contributed by atoms with Crippen LogP contribution in [0.15, 0.2) is 95.5 Å². The molecule has 0 saturated heterocycles. The van der Waals surface area contributed by atoms with E-state index in [4.69, 9.17) is 25.8 Å². The lowest BCUT2D eigenvalue weighted by Crippen LogP contribution is -2.30. The molecule has 0 aliphatic carbocycles. The van der Waals surface area contributed by atoms with Crippen molar-refractivity contribution >= 4 is 58.5 Å². The minimum absolute atomic E-state index is 0.0382. The van der Waals surface area contributed by atoms with Crippen molar-refractivity contribution in [3.8, 4) is 17.2 Å². The fraction of sp³-hybridized carbons (Fsp3) is 0.147. The quantitative estimate of drug-likeness (QED) is 0.114. The number of benzene rings is 4. The fourth-order valence-electron chi connectivity index (χ4n) is 4.20. The number of methoxy groups -OCH3 is 3. The summed E-state index contributed by atoms with van der Waals surface area (Å²) < 4.78 is 16.3. The SMILES string of the molecule is COc1cc(OC)c(OC)cc1/C=C(/NC(=O)c1ccccc1)C(=O)Nc1cccc(SCC(=O)Nc2cccc(Cl)c2C)c1. The zero-order valence-corrected chi connectivity index (χ0v) is 26.7. The summed E-state index contributed by atoms with van der Waals surface area (Å²) in [5.74, 6) is 0.151. The number of halogens is 1. The van der Waals surface area contributed by atoms with E-state index in [1.807, 2.05) is 13.0 Å². The predicted molar refractivity (Wildman–Crippen MR) is 179 cm³/mol. The maximum absolute atomic E-state index is 13.6. The molecule has 0 atom stereocenters. The number of carbonyl (C=O) groups excluding carboxylic acids is 3. The van der Waals surface area contributed by atoms with Crippen LogP contribution in [0.5, 0.6) is 17.2 Å². The van der Waals surface area contributed by atoms with Crippen molar-refractivity contribution in [2.45, 2.75) is 11.8 Å². The van der Waals surface area contributed by atoms with Crippen LogP contribution in [0.4, 0.5) is 11.4 Å². The fourth-order valence-corrected chi connectivity index (χ4v) is 5.13. The van der Waals surface area contributed by atoms with E-state index >= 15 is 0 Å². The van der Waals surface area contributed by atoms with Crippen molar-refractivity contribution in [2.75, 3.05) is 37.7 Å². The van der Waals surface area contributed by atoms with Crippen LogP contribution in [0, 0.1) is 6.92 Å². The molecule has 4 aromatic rings. The molecular formula is C34H32ClN3O6S. The Hall–Kier alpha value is -4.93. The number of ether oxygens (including phenoxy) is 3. The third-order valence-electron chi connectivity index (χ3n) is 6.57. The first-order chi connectivity index (χ1) is 21.7. The molecule has 0 fully saturated rings. The van der Waals surface area contributed by atoms with Crippen LogP contribution >= 0.6 is 23.4 Å². The second kappa shape index (κ2) is 15.7. The number of amides is 3. The Bertz CT molecular complexity index is 1730. The van der Waals surface area contributed by atoms with Crippen molar-refractivity contribution in [3.63, 3.8) is 0 Å². The van der Waals surface area contributed by atoms with Gasteiger partial charge in [0.25, 0.3) is 11.8 Å². The van der Waals surface area contributed by atoms with Gasteiger partial charge in [-0.15, -0.1) is 11.8 Å². The number of anilines is 2. The first-order valence-electron chi connectivity index (χ1n) is 13.7. The second-order valence-electron chi connectivity index (χ2n) is 9.56. The maximum Gasteiger partial charge on any atom is 0.272 e. The topological polar surface area (TPSA) is 115 Å². The lowest BCUT2D eigenvalue weighted by atomic mass is 10.1. The Morgan fingerprint density at radius 2 is 1.49 bits per heavy atom. The second-order valence-corrected chi connectivity index (χ2v) is 11.0. The van der Waals surface area contributed by atoms with Gasteiger partial charge < -0.3 is 30.2 Å². The average molecular weight is 646 g/mol. The van der Waals surface area contributed by atoms with Gasteiger partial charge in [-0.1, -0.05) is 41.9 Å². The Labute approximate surface area is 270 Å². The summed E-state index contributed by atoms with van der Waals surface area (Å²) in [5.41, 5.74) is 2.71. The summed E-state index contributed by atoms with van der Waals surface area (Å²) in [5, 5.41) is 9.01. The van der Waals surface area contributed by atoms with Crippen molar-refractivity contribution in [1.29, 1.82) is 0 Å². The summed E-state index contributed by atoms with van der Waals surface area (Å²) in [6, 6.07) is 24.2. The number of hydrogen-bond donors (Lipinski definition) is 3. The zero-order chi connectivity index (χ0) is 32.3. The van der Waals surface area contributed by atoms with E-state index in [2.05, 4.69) is 16.0 Å². The monoisotopic (exact) mass is 645 g/mol. The van der Waals surface area contributed by atoms with E-state index in [0.29, 0.717) is 44.8 Å². The number of nitrogens with one attached hydrogen (secondary N) is 3. The Morgan fingerprint density at radius 1 is 0.800 bits per heavy atom. The molecule has 4 rings (SSSR count). The Kier molecular flexibility index (Phi) is 11.5. The van der Waals surface area contributed by atoms with Crippen molar-refractivity contribution in [1.82, 2.24) is 5.32 Å². The number of carbonyl (C=O) groups is 3. The van der Waals surface area contributed by atoms with Gasteiger partial charge in [0.1, 0.15) is 11.4 Å². The van der Waals surface area contributed by atoms with Crippen LogP contribution in [0.2, 0.25) is 5.02 Å². The molecule has 11 heteroatoms. The van der Waals surface area contributed by atoms with E-state index in [9.17, 15) is 14.4 Å². The summed E-state index contributed by atoms with van der Waals surface area (Å²) in [6.45, 7) is 1.84. The van der Waals surface area contributed by atoms with Gasteiger partial charge >= 0.3 is 0 Å². The van der Waals surface area contributed by atoms with Crippen LogP contribution < -0.4 is 30.2 Å². The zero-order valence-electron chi connectivity index (χ0n) is 25.1. The summed E-state index contributed by atoms with van der Waals surface area (Å²) in [6.07, 6.45) is 1.50. The molecule has 0 saturated carbocycles. The normalized spacial score (nSPS) is 10.9. The van der Waals surface area contributed by atoms with Crippen molar-refractivity contribution in [2.24, 2.45) is 0 Å². The van der Waals surface area contributed by atoms with Gasteiger partial charge in [-0.25, -0.2) is 0 Å². The highest BCUT2D eigenvalue weighted by Crippen LogP contribution is 2.36. The molecule has 0 radical (unpaired) electrons. The minimum atomic E-state index is -0.576. The van der Waals surface area contributed by atoms with E-state index < -0.39 is 11.8 Å². The molecule has 3 N–H and O–H groups in total. The highest BCUT2D eigenvalue weighted by Gasteiger charge is 2.18. The molecule has 3 amide bonds. The first-order valence-corrected chi connectivity index (χ1v) is 15.1. The van der Waals surface area contributed by atoms with E-state index in [-0.39, 0.29) is 17.4 Å². The van der Waals surface area contributed by atoms with Crippen LogP contribution in [-0.2, 0) is 9.59 Å². The first kappa shape index (κ1) is 33.0. The lowest BCUT2D eigenvalue weighted by molar-refractivity contribution is -0.114. The molecule has 45 heavy (non-hydrogen) atoms. The van der Waals surface area contributed by atoms with Crippen molar-refractivity contribution < 1.29 is 28.6 Å². The summed E-state index contributed by atoms with van der Waals surface area (Å²) in [4.78, 5) is 40.1.